The molecular weight excluding hydrogens is 398 g/mol. The first-order chi connectivity index (χ1) is 10.2. The fraction of sp³-hybridized carbons (Fsp3) is 0.562. The molecule has 1 saturated heterocycles. The fourth-order valence-electron chi connectivity index (χ4n) is 2.47. The first-order valence-electron chi connectivity index (χ1n) is 7.39. The maximum atomic E-state index is 13.8. The quantitative estimate of drug-likeness (QED) is 0.761. The van der Waals surface area contributed by atoms with Crippen molar-refractivity contribution in [2.45, 2.75) is 45.4 Å². The lowest BCUT2D eigenvalue weighted by molar-refractivity contribution is 0.0505. The molecule has 0 radical (unpaired) electrons. The average Bonchev–Trinajstić information content (AvgIpc) is 2.78. The van der Waals surface area contributed by atoms with Crippen molar-refractivity contribution in [1.29, 1.82) is 0 Å². The van der Waals surface area contributed by atoms with Crippen LogP contribution in [0.15, 0.2) is 18.2 Å². The van der Waals surface area contributed by atoms with Crippen LogP contribution in [0.25, 0.3) is 0 Å². The fourth-order valence-corrected chi connectivity index (χ4v) is 3.03. The Morgan fingerprint density at radius 2 is 2.23 bits per heavy atom. The molecule has 0 bridgehead atoms. The summed E-state index contributed by atoms with van der Waals surface area (Å²) in [5, 5.41) is 2.88. The van der Waals surface area contributed by atoms with Gasteiger partial charge in [-0.25, -0.2) is 9.18 Å². The van der Waals surface area contributed by atoms with Crippen LogP contribution in [0.5, 0.6) is 0 Å². The summed E-state index contributed by atoms with van der Waals surface area (Å²) in [4.78, 5) is 13.9. The van der Waals surface area contributed by atoms with Crippen molar-refractivity contribution in [2.75, 3.05) is 13.1 Å². The maximum Gasteiger partial charge on any atom is 0.407 e. The summed E-state index contributed by atoms with van der Waals surface area (Å²) in [5.74, 6) is -0.177. The van der Waals surface area contributed by atoms with E-state index >= 15 is 0 Å². The van der Waals surface area contributed by atoms with Gasteiger partial charge in [-0.2, -0.15) is 0 Å². The van der Waals surface area contributed by atoms with Crippen LogP contribution in [0.2, 0.25) is 0 Å². The Kier molecular flexibility index (Phi) is 5.65. The molecule has 6 heteroatoms. The second-order valence-electron chi connectivity index (χ2n) is 6.60. The number of amides is 1. The molecular formula is C16H22FIN2O2. The van der Waals surface area contributed by atoms with Gasteiger partial charge in [0.25, 0.3) is 0 Å². The Bertz CT molecular complexity index is 545. The Hall–Kier alpha value is -0.890. The minimum Gasteiger partial charge on any atom is -0.444 e. The Labute approximate surface area is 144 Å². The molecule has 0 unspecified atom stereocenters. The molecule has 0 saturated carbocycles. The number of ether oxygens (including phenoxy) is 1. The Morgan fingerprint density at radius 3 is 2.91 bits per heavy atom. The highest BCUT2D eigenvalue weighted by Crippen LogP contribution is 2.18. The van der Waals surface area contributed by atoms with E-state index in [1.165, 1.54) is 6.07 Å². The van der Waals surface area contributed by atoms with E-state index in [2.05, 4.69) is 32.8 Å². The van der Waals surface area contributed by atoms with Crippen molar-refractivity contribution in [3.05, 3.63) is 33.1 Å². The minimum absolute atomic E-state index is 0.0562. The molecule has 1 aromatic rings. The molecule has 4 nitrogen and oxygen atoms in total. The summed E-state index contributed by atoms with van der Waals surface area (Å²) in [6.45, 7) is 7.64. The molecule has 1 aromatic carbocycles. The maximum absolute atomic E-state index is 13.8. The van der Waals surface area contributed by atoms with Gasteiger partial charge in [-0.05, 0) is 68.0 Å². The third kappa shape index (κ3) is 5.39. The van der Waals surface area contributed by atoms with Crippen molar-refractivity contribution in [3.8, 4) is 0 Å². The summed E-state index contributed by atoms with van der Waals surface area (Å²) in [6.07, 6.45) is 0.463. The van der Waals surface area contributed by atoms with E-state index in [4.69, 9.17) is 4.74 Å². The second kappa shape index (κ2) is 7.12. The summed E-state index contributed by atoms with van der Waals surface area (Å²) in [5.41, 5.74) is 0.205. The number of benzene rings is 1. The number of hydrogen-bond donors (Lipinski definition) is 1. The standard InChI is InChI=1S/C16H22FIN2O2/c1-16(2,3)22-15(21)19-13-6-7-20(10-13)9-11-8-12(18)4-5-14(11)17/h4-5,8,13H,6-7,9-10H2,1-3H3,(H,19,21)/t13-/m1/s1. The molecule has 0 aliphatic carbocycles. The van der Waals surface area contributed by atoms with E-state index in [-0.39, 0.29) is 18.0 Å². The van der Waals surface area contributed by atoms with Gasteiger partial charge < -0.3 is 10.1 Å². The van der Waals surface area contributed by atoms with E-state index in [9.17, 15) is 9.18 Å². The van der Waals surface area contributed by atoms with Crippen molar-refractivity contribution < 1.29 is 13.9 Å². The van der Waals surface area contributed by atoms with Gasteiger partial charge in [0.05, 0.1) is 0 Å². The number of alkyl carbamates (subject to hydrolysis) is 1. The second-order valence-corrected chi connectivity index (χ2v) is 7.85. The monoisotopic (exact) mass is 420 g/mol. The van der Waals surface area contributed by atoms with Crippen molar-refractivity contribution in [3.63, 3.8) is 0 Å². The first kappa shape index (κ1) is 17.5. The number of hydrogen-bond acceptors (Lipinski definition) is 3. The lowest BCUT2D eigenvalue weighted by Crippen LogP contribution is -2.40. The largest absolute Gasteiger partial charge is 0.444 e. The summed E-state index contributed by atoms with van der Waals surface area (Å²) < 4.78 is 20.1. The summed E-state index contributed by atoms with van der Waals surface area (Å²) >= 11 is 2.18. The average molecular weight is 420 g/mol. The van der Waals surface area contributed by atoms with E-state index in [0.717, 1.165) is 16.5 Å². The zero-order valence-corrected chi connectivity index (χ0v) is 15.3. The zero-order chi connectivity index (χ0) is 16.3. The molecule has 122 valence electrons. The topological polar surface area (TPSA) is 41.6 Å². The van der Waals surface area contributed by atoms with Crippen LogP contribution in [0.3, 0.4) is 0 Å². The number of likely N-dealkylation sites (tertiary alicyclic amines) is 1. The number of halogens is 2. The molecule has 22 heavy (non-hydrogen) atoms. The highest BCUT2D eigenvalue weighted by molar-refractivity contribution is 14.1. The first-order valence-corrected chi connectivity index (χ1v) is 8.46. The van der Waals surface area contributed by atoms with Crippen molar-refractivity contribution in [1.82, 2.24) is 10.2 Å². The van der Waals surface area contributed by atoms with E-state index in [1.54, 1.807) is 6.07 Å². The Morgan fingerprint density at radius 1 is 1.50 bits per heavy atom. The highest BCUT2D eigenvalue weighted by atomic mass is 127. The van der Waals surface area contributed by atoms with Gasteiger partial charge in [0, 0.05) is 34.8 Å². The molecule has 1 aliphatic heterocycles. The lowest BCUT2D eigenvalue weighted by Gasteiger charge is -2.22. The van der Waals surface area contributed by atoms with Crippen LogP contribution in [0.4, 0.5) is 9.18 Å². The van der Waals surface area contributed by atoms with Crippen LogP contribution in [-0.4, -0.2) is 35.7 Å². The highest BCUT2D eigenvalue weighted by Gasteiger charge is 2.26. The number of rotatable bonds is 3. The van der Waals surface area contributed by atoms with Crippen LogP contribution in [-0.2, 0) is 11.3 Å². The zero-order valence-electron chi connectivity index (χ0n) is 13.2. The lowest BCUT2D eigenvalue weighted by atomic mass is 10.2. The molecule has 1 atom stereocenters. The van der Waals surface area contributed by atoms with E-state index in [1.807, 2.05) is 26.8 Å². The molecule has 1 aliphatic rings. The number of carbonyl (C=O) groups excluding carboxylic acids is 1. The molecule has 1 heterocycles. The van der Waals surface area contributed by atoms with Gasteiger partial charge in [0.15, 0.2) is 0 Å². The van der Waals surface area contributed by atoms with Gasteiger partial charge in [0.2, 0.25) is 0 Å². The minimum atomic E-state index is -0.494. The molecule has 0 aromatic heterocycles. The van der Waals surface area contributed by atoms with Crippen molar-refractivity contribution in [2.24, 2.45) is 0 Å². The van der Waals surface area contributed by atoms with Gasteiger partial charge in [-0.15, -0.1) is 0 Å². The number of carbonyl (C=O) groups is 1. The van der Waals surface area contributed by atoms with Crippen molar-refractivity contribution >= 4 is 28.7 Å². The van der Waals surface area contributed by atoms with Gasteiger partial charge >= 0.3 is 6.09 Å². The smallest absolute Gasteiger partial charge is 0.407 e. The molecule has 1 fully saturated rings. The van der Waals surface area contributed by atoms with Gasteiger partial charge in [-0.3, -0.25) is 4.90 Å². The molecule has 0 spiro atoms. The van der Waals surface area contributed by atoms with E-state index in [0.29, 0.717) is 18.7 Å². The third-order valence-corrected chi connectivity index (χ3v) is 4.07. The molecule has 1 amide bonds. The Balaban J connectivity index is 1.85. The summed E-state index contributed by atoms with van der Waals surface area (Å²) in [6, 6.07) is 5.19. The molecule has 2 rings (SSSR count). The van der Waals surface area contributed by atoms with Crippen LogP contribution in [0.1, 0.15) is 32.8 Å². The van der Waals surface area contributed by atoms with Crippen LogP contribution in [0, 0.1) is 9.39 Å². The predicted octanol–water partition coefficient (Wildman–Crippen LogP) is 3.53. The third-order valence-electron chi connectivity index (χ3n) is 3.39. The normalized spacial score (nSPS) is 19.2. The van der Waals surface area contributed by atoms with Crippen LogP contribution < -0.4 is 5.32 Å². The van der Waals surface area contributed by atoms with Crippen LogP contribution >= 0.6 is 22.6 Å². The number of nitrogens with one attached hydrogen (secondary N) is 1. The predicted molar refractivity (Wildman–Crippen MR) is 92.2 cm³/mol. The SMILES string of the molecule is CC(C)(C)OC(=O)N[C@@H]1CCN(Cc2cc(I)ccc2F)C1. The molecule has 1 N–H and O–H groups in total. The van der Waals surface area contributed by atoms with Gasteiger partial charge in [-0.1, -0.05) is 0 Å². The summed E-state index contributed by atoms with van der Waals surface area (Å²) in [7, 11) is 0. The van der Waals surface area contributed by atoms with Gasteiger partial charge in [0.1, 0.15) is 11.4 Å². The van der Waals surface area contributed by atoms with E-state index < -0.39 is 5.60 Å². The number of nitrogens with zero attached hydrogens (tertiary/aromatic N) is 1.